The summed E-state index contributed by atoms with van der Waals surface area (Å²) in [4.78, 5) is 30.2. The first-order valence-corrected chi connectivity index (χ1v) is 15.8. The molecule has 45 heavy (non-hydrogen) atoms. The number of ether oxygens (including phenoxy) is 4. The van der Waals surface area contributed by atoms with Gasteiger partial charge in [0, 0.05) is 25.0 Å². The standard InChI is InChI=1S/C36H40N2O7/c1-3-43-31-22-26(10-13-30(31)44-23-25-8-5-4-6-9-25)33-32(34(39)27-11-12-29-28(21-27)20-24(2)45-29)35(40)36(41)38(33)15-7-14-37-16-18-42-19-17-37/h4-6,8-13,21-22,24,33,39H,3,7,14-20,23H2,1-2H3. The van der Waals surface area contributed by atoms with Crippen molar-refractivity contribution in [2.75, 3.05) is 46.0 Å². The summed E-state index contributed by atoms with van der Waals surface area (Å²) in [6.45, 7) is 9.06. The Bertz CT molecular complexity index is 1560. The highest BCUT2D eigenvalue weighted by Crippen LogP contribution is 2.42. The van der Waals surface area contributed by atoms with Crippen LogP contribution in [0.25, 0.3) is 5.76 Å². The van der Waals surface area contributed by atoms with Crippen molar-refractivity contribution in [2.45, 2.75) is 45.4 Å². The second-order valence-corrected chi connectivity index (χ2v) is 11.8. The van der Waals surface area contributed by atoms with Gasteiger partial charge < -0.3 is 33.9 Å². The van der Waals surface area contributed by atoms with Crippen LogP contribution >= 0.6 is 0 Å². The van der Waals surface area contributed by atoms with E-state index in [0.29, 0.717) is 55.2 Å². The first-order chi connectivity index (χ1) is 21.9. The predicted octanol–water partition coefficient (Wildman–Crippen LogP) is 2.52. The number of morpholine rings is 1. The summed E-state index contributed by atoms with van der Waals surface area (Å²) in [6.07, 6.45) is 1.39. The van der Waals surface area contributed by atoms with Gasteiger partial charge in [-0.15, -0.1) is 0 Å². The van der Waals surface area contributed by atoms with Crippen LogP contribution < -0.4 is 24.2 Å². The normalized spacial score (nSPS) is 21.1. The van der Waals surface area contributed by atoms with Crippen molar-refractivity contribution in [1.29, 1.82) is 0 Å². The van der Waals surface area contributed by atoms with E-state index in [1.54, 1.807) is 35.2 Å². The van der Waals surface area contributed by atoms with Gasteiger partial charge in [-0.2, -0.15) is 0 Å². The molecule has 0 aliphatic carbocycles. The van der Waals surface area contributed by atoms with E-state index in [1.807, 2.05) is 50.2 Å². The Hall–Kier alpha value is -4.34. The highest BCUT2D eigenvalue weighted by Gasteiger charge is 2.44. The SMILES string of the molecule is CCOc1cc(C2C(=C([O-])c3ccc4c(c3)CC(C)O4)C(=O)C(=O)N2CCC[NH+]2CCOCC2)ccc1OCc1ccccc1. The average Bonchev–Trinajstić information content (AvgIpc) is 3.56. The zero-order chi connectivity index (χ0) is 31.3. The molecular weight excluding hydrogens is 572 g/mol. The quantitative estimate of drug-likeness (QED) is 0.202. The smallest absolute Gasteiger partial charge is 0.295 e. The molecule has 3 aromatic carbocycles. The summed E-state index contributed by atoms with van der Waals surface area (Å²) in [5, 5.41) is 14.1. The first-order valence-electron chi connectivity index (χ1n) is 15.8. The number of fused-ring (bicyclic) bond motifs is 1. The molecule has 9 nitrogen and oxygen atoms in total. The predicted molar refractivity (Wildman–Crippen MR) is 166 cm³/mol. The molecule has 3 aliphatic heterocycles. The van der Waals surface area contributed by atoms with E-state index in [1.165, 1.54) is 4.90 Å². The number of rotatable bonds is 11. The van der Waals surface area contributed by atoms with E-state index in [4.69, 9.17) is 18.9 Å². The minimum Gasteiger partial charge on any atom is -0.872 e. The minimum absolute atomic E-state index is 0.0177. The summed E-state index contributed by atoms with van der Waals surface area (Å²) >= 11 is 0. The maximum absolute atomic E-state index is 14.1. The lowest BCUT2D eigenvalue weighted by Crippen LogP contribution is -3.14. The van der Waals surface area contributed by atoms with Crippen LogP contribution in [0.1, 0.15) is 48.6 Å². The topological polar surface area (TPSA) is 102 Å². The van der Waals surface area contributed by atoms with Gasteiger partial charge in [0.1, 0.15) is 31.5 Å². The van der Waals surface area contributed by atoms with Gasteiger partial charge in [0.05, 0.1) is 32.4 Å². The molecule has 2 atom stereocenters. The Balaban J connectivity index is 1.35. The molecule has 2 fully saturated rings. The van der Waals surface area contributed by atoms with Crippen molar-refractivity contribution >= 4 is 17.4 Å². The zero-order valence-electron chi connectivity index (χ0n) is 25.9. The number of Topliss-reactive ketones (excluding diaryl/α,β-unsaturated/α-hetero) is 1. The molecule has 9 heteroatoms. The van der Waals surface area contributed by atoms with Crippen LogP contribution in [0, 0.1) is 0 Å². The van der Waals surface area contributed by atoms with Crippen LogP contribution in [0.15, 0.2) is 72.3 Å². The number of nitrogens with zero attached hydrogens (tertiary/aromatic N) is 1. The summed E-state index contributed by atoms with van der Waals surface area (Å²) in [5.74, 6) is -0.0652. The molecule has 236 valence electrons. The Morgan fingerprint density at radius 3 is 2.58 bits per heavy atom. The van der Waals surface area contributed by atoms with Gasteiger partial charge in [-0.25, -0.2) is 0 Å². The number of carbonyl (C=O) groups is 2. The summed E-state index contributed by atoms with van der Waals surface area (Å²) < 4.78 is 23.4. The highest BCUT2D eigenvalue weighted by atomic mass is 16.5. The van der Waals surface area contributed by atoms with Gasteiger partial charge in [-0.1, -0.05) is 48.2 Å². The largest absolute Gasteiger partial charge is 0.872 e. The molecule has 0 radical (unpaired) electrons. The van der Waals surface area contributed by atoms with Crippen LogP contribution in [0.4, 0.5) is 0 Å². The van der Waals surface area contributed by atoms with E-state index in [2.05, 4.69) is 0 Å². The van der Waals surface area contributed by atoms with Gasteiger partial charge in [-0.3, -0.25) is 9.59 Å². The molecule has 2 saturated heterocycles. The van der Waals surface area contributed by atoms with Crippen LogP contribution in [-0.4, -0.2) is 68.7 Å². The summed E-state index contributed by atoms with van der Waals surface area (Å²) in [5.41, 5.74) is 2.90. The number of likely N-dealkylation sites (tertiary alicyclic amines) is 1. The maximum Gasteiger partial charge on any atom is 0.295 e. The molecule has 1 amide bonds. The number of nitrogens with one attached hydrogen (secondary N) is 1. The fourth-order valence-electron chi connectivity index (χ4n) is 6.39. The molecule has 0 aromatic heterocycles. The molecule has 3 aliphatic rings. The third kappa shape index (κ3) is 6.70. The third-order valence-corrected chi connectivity index (χ3v) is 8.64. The van der Waals surface area contributed by atoms with Crippen LogP contribution in [0.2, 0.25) is 0 Å². The van der Waals surface area contributed by atoms with E-state index < -0.39 is 23.5 Å². The van der Waals surface area contributed by atoms with Gasteiger partial charge >= 0.3 is 0 Å². The van der Waals surface area contributed by atoms with Gasteiger partial charge in [-0.05, 0) is 60.4 Å². The number of amides is 1. The Morgan fingerprint density at radius 1 is 1.00 bits per heavy atom. The van der Waals surface area contributed by atoms with Crippen molar-refractivity contribution in [3.63, 3.8) is 0 Å². The molecule has 1 N–H and O–H groups in total. The van der Waals surface area contributed by atoms with Gasteiger partial charge in [0.2, 0.25) is 5.78 Å². The number of quaternary nitrogens is 1. The molecular formula is C36H40N2O7. The number of ketones is 1. The highest BCUT2D eigenvalue weighted by molar-refractivity contribution is 6.46. The van der Waals surface area contributed by atoms with Crippen molar-refractivity contribution in [2.24, 2.45) is 0 Å². The lowest BCUT2D eigenvalue weighted by molar-refractivity contribution is -0.908. The molecule has 0 saturated carbocycles. The van der Waals surface area contributed by atoms with Crippen molar-refractivity contribution in [3.8, 4) is 17.2 Å². The number of benzene rings is 3. The Labute approximate surface area is 263 Å². The van der Waals surface area contributed by atoms with Crippen LogP contribution in [0.3, 0.4) is 0 Å². The second-order valence-electron chi connectivity index (χ2n) is 11.8. The zero-order valence-corrected chi connectivity index (χ0v) is 25.9. The van der Waals surface area contributed by atoms with Crippen molar-refractivity contribution in [1.82, 2.24) is 4.90 Å². The molecule has 6 rings (SSSR count). The average molecular weight is 613 g/mol. The summed E-state index contributed by atoms with van der Waals surface area (Å²) in [7, 11) is 0. The minimum atomic E-state index is -0.844. The maximum atomic E-state index is 14.1. The number of hydrogen-bond acceptors (Lipinski definition) is 7. The van der Waals surface area contributed by atoms with E-state index in [9.17, 15) is 14.7 Å². The summed E-state index contributed by atoms with van der Waals surface area (Å²) in [6, 6.07) is 19.7. The Morgan fingerprint density at radius 2 is 1.80 bits per heavy atom. The number of hydrogen-bond donors (Lipinski definition) is 1. The molecule has 3 heterocycles. The third-order valence-electron chi connectivity index (χ3n) is 8.64. The fourth-order valence-corrected chi connectivity index (χ4v) is 6.39. The first kappa shape index (κ1) is 30.7. The molecule has 2 unspecified atom stereocenters. The van der Waals surface area contributed by atoms with E-state index >= 15 is 0 Å². The van der Waals surface area contributed by atoms with Gasteiger partial charge in [0.15, 0.2) is 11.5 Å². The fraction of sp³-hybridized carbons (Fsp3) is 0.389. The second kappa shape index (κ2) is 13.7. The molecule has 0 spiro atoms. The van der Waals surface area contributed by atoms with E-state index in [-0.39, 0.29) is 11.7 Å². The van der Waals surface area contributed by atoms with Crippen molar-refractivity contribution < 1.29 is 38.5 Å². The molecule has 3 aromatic rings. The van der Waals surface area contributed by atoms with Gasteiger partial charge in [0.25, 0.3) is 5.91 Å². The van der Waals surface area contributed by atoms with Crippen molar-refractivity contribution in [3.05, 3.63) is 94.6 Å². The van der Waals surface area contributed by atoms with Crippen LogP contribution in [0.5, 0.6) is 17.2 Å². The Kier molecular flexibility index (Phi) is 9.37. The van der Waals surface area contributed by atoms with E-state index in [0.717, 1.165) is 49.7 Å². The molecule has 0 bridgehead atoms. The number of carbonyl (C=O) groups excluding carboxylic acids is 2. The van der Waals surface area contributed by atoms with Crippen LogP contribution in [-0.2, 0) is 27.4 Å². The lowest BCUT2D eigenvalue weighted by Gasteiger charge is -2.29. The monoisotopic (exact) mass is 612 g/mol. The lowest BCUT2D eigenvalue weighted by atomic mass is 9.94.